The predicted molar refractivity (Wildman–Crippen MR) is 175 cm³/mol. The molecule has 8 atom stereocenters. The van der Waals surface area contributed by atoms with Crippen LogP contribution in [0.2, 0.25) is 0 Å². The molecule has 3 rings (SSSR count). The normalized spacial score (nSPS) is 33.8. The molecule has 0 bridgehead atoms. The molecule has 0 saturated heterocycles. The summed E-state index contributed by atoms with van der Waals surface area (Å²) in [4.78, 5) is 0. The van der Waals surface area contributed by atoms with Crippen LogP contribution in [0, 0.1) is 46.8 Å². The smallest absolute Gasteiger partial charge is 0.0266 e. The Hall–Kier alpha value is -0.780. The maximum absolute atomic E-state index is 2.71. The van der Waals surface area contributed by atoms with Gasteiger partial charge in [0.25, 0.3) is 0 Å². The highest BCUT2D eigenvalue weighted by molar-refractivity contribution is 5.06. The lowest BCUT2D eigenvalue weighted by molar-refractivity contribution is 0.237. The molecule has 0 aromatic heterocycles. The molecule has 0 heteroatoms. The minimum Gasteiger partial charge on any atom is -0.0917 e. The average Bonchev–Trinajstić information content (AvgIpc) is 3.82. The fraction of sp³-hybridized carbons (Fsp3) is 0.846. The Kier molecular flexibility index (Phi) is 13.9. The molecule has 8 unspecified atom stereocenters. The van der Waals surface area contributed by atoms with Crippen molar-refractivity contribution in [2.24, 2.45) is 46.8 Å². The van der Waals surface area contributed by atoms with E-state index in [1.54, 1.807) is 5.57 Å². The molecule has 0 nitrogen and oxygen atoms in total. The summed E-state index contributed by atoms with van der Waals surface area (Å²) in [6, 6.07) is 0. The van der Waals surface area contributed by atoms with Crippen molar-refractivity contribution in [3.63, 3.8) is 0 Å². The third-order valence-electron chi connectivity index (χ3n) is 11.8. The van der Waals surface area contributed by atoms with Crippen molar-refractivity contribution in [2.75, 3.05) is 0 Å². The van der Waals surface area contributed by atoms with E-state index >= 15 is 0 Å². The first kappa shape index (κ1) is 32.7. The molecule has 3 saturated carbocycles. The van der Waals surface area contributed by atoms with Gasteiger partial charge in [0.2, 0.25) is 0 Å². The minimum absolute atomic E-state index is 0.666. The van der Waals surface area contributed by atoms with Crippen molar-refractivity contribution in [1.82, 2.24) is 0 Å². The summed E-state index contributed by atoms with van der Waals surface area (Å²) < 4.78 is 0. The van der Waals surface area contributed by atoms with Gasteiger partial charge in [0, 0.05) is 0 Å². The zero-order valence-corrected chi connectivity index (χ0v) is 27.6. The number of hydrogen-bond acceptors (Lipinski definition) is 0. The van der Waals surface area contributed by atoms with Crippen LogP contribution in [-0.4, -0.2) is 0 Å². The van der Waals surface area contributed by atoms with Crippen LogP contribution in [0.4, 0.5) is 0 Å². The van der Waals surface area contributed by atoms with E-state index in [9.17, 15) is 0 Å². The van der Waals surface area contributed by atoms with Crippen molar-refractivity contribution in [3.8, 4) is 0 Å². The first-order chi connectivity index (χ1) is 18.8. The van der Waals surface area contributed by atoms with Gasteiger partial charge in [0.15, 0.2) is 0 Å². The van der Waals surface area contributed by atoms with Gasteiger partial charge in [-0.2, -0.15) is 0 Å². The average molecular weight is 537 g/mol. The zero-order valence-electron chi connectivity index (χ0n) is 27.6. The van der Waals surface area contributed by atoms with Gasteiger partial charge in [0.05, 0.1) is 0 Å². The summed E-state index contributed by atoms with van der Waals surface area (Å²) in [7, 11) is 0. The standard InChI is InChI=1S/C39H68/c1-8-11-19-32(9-2)27-31(6)25-26-37(38-28-33(38)10-3)34-20-13-12-14-22-35(23-16-15-21-34)39(7)29-36(39)24-17-18-30(4)5/h8,11,18,25,32-38H,9-10,12-17,19-24,26-29H2,1-7H3. The van der Waals surface area contributed by atoms with Crippen molar-refractivity contribution in [1.29, 1.82) is 0 Å². The molecule has 0 aromatic carbocycles. The van der Waals surface area contributed by atoms with Gasteiger partial charge in [-0.25, -0.2) is 0 Å². The molecule has 3 aliphatic rings. The van der Waals surface area contributed by atoms with E-state index in [-0.39, 0.29) is 0 Å². The first-order valence-corrected chi connectivity index (χ1v) is 17.7. The van der Waals surface area contributed by atoms with Gasteiger partial charge < -0.3 is 0 Å². The number of allylic oxidation sites excluding steroid dienone is 6. The van der Waals surface area contributed by atoms with E-state index in [4.69, 9.17) is 0 Å². The summed E-state index contributed by atoms with van der Waals surface area (Å²) in [5.41, 5.74) is 3.83. The van der Waals surface area contributed by atoms with Crippen LogP contribution in [0.25, 0.3) is 0 Å². The van der Waals surface area contributed by atoms with Gasteiger partial charge in [-0.05, 0) is 132 Å². The Balaban J connectivity index is 1.56. The fourth-order valence-corrected chi connectivity index (χ4v) is 8.71. The first-order valence-electron chi connectivity index (χ1n) is 17.7. The van der Waals surface area contributed by atoms with E-state index < -0.39 is 0 Å². The Morgan fingerprint density at radius 2 is 1.59 bits per heavy atom. The van der Waals surface area contributed by atoms with Crippen LogP contribution in [-0.2, 0) is 0 Å². The molecule has 3 fully saturated rings. The van der Waals surface area contributed by atoms with Gasteiger partial charge in [-0.3, -0.25) is 0 Å². The molecule has 0 aromatic rings. The zero-order chi connectivity index (χ0) is 28.3. The van der Waals surface area contributed by atoms with E-state index in [0.717, 1.165) is 41.4 Å². The second-order valence-corrected chi connectivity index (χ2v) is 14.9. The Morgan fingerprint density at radius 1 is 0.897 bits per heavy atom. The third-order valence-corrected chi connectivity index (χ3v) is 11.8. The van der Waals surface area contributed by atoms with Gasteiger partial charge in [-0.1, -0.05) is 114 Å². The molecular weight excluding hydrogens is 468 g/mol. The summed E-state index contributed by atoms with van der Waals surface area (Å²) >= 11 is 0. The van der Waals surface area contributed by atoms with E-state index in [1.807, 2.05) is 0 Å². The molecule has 224 valence electrons. The van der Waals surface area contributed by atoms with Crippen LogP contribution in [0.3, 0.4) is 0 Å². The minimum atomic E-state index is 0.666. The molecule has 0 spiro atoms. The van der Waals surface area contributed by atoms with Crippen molar-refractivity contribution >= 4 is 0 Å². The lowest BCUT2D eigenvalue weighted by Crippen LogP contribution is -2.18. The van der Waals surface area contributed by atoms with E-state index in [1.165, 1.54) is 121 Å². The van der Waals surface area contributed by atoms with Crippen LogP contribution < -0.4 is 0 Å². The summed E-state index contributed by atoms with van der Waals surface area (Å²) in [5.74, 6) is 6.81. The summed E-state index contributed by atoms with van der Waals surface area (Å²) in [6.45, 7) is 16.6. The molecule has 0 amide bonds. The van der Waals surface area contributed by atoms with E-state index in [2.05, 4.69) is 72.8 Å². The molecular formula is C39H68. The Morgan fingerprint density at radius 3 is 2.23 bits per heavy atom. The maximum Gasteiger partial charge on any atom is -0.0266 e. The largest absolute Gasteiger partial charge is 0.0917 e. The molecule has 3 aliphatic carbocycles. The number of hydrogen-bond donors (Lipinski definition) is 0. The lowest BCUT2D eigenvalue weighted by atomic mass is 9.77. The monoisotopic (exact) mass is 537 g/mol. The van der Waals surface area contributed by atoms with Crippen molar-refractivity contribution in [3.05, 3.63) is 35.5 Å². The second kappa shape index (κ2) is 16.6. The summed E-state index contributed by atoms with van der Waals surface area (Å²) in [5, 5.41) is 0. The molecule has 0 heterocycles. The van der Waals surface area contributed by atoms with Gasteiger partial charge in [0.1, 0.15) is 0 Å². The molecule has 0 N–H and O–H groups in total. The van der Waals surface area contributed by atoms with Crippen LogP contribution in [0.5, 0.6) is 0 Å². The summed E-state index contributed by atoms with van der Waals surface area (Å²) in [6.07, 6.45) is 35.7. The van der Waals surface area contributed by atoms with Crippen LogP contribution in [0.1, 0.15) is 164 Å². The highest BCUT2D eigenvalue weighted by atomic mass is 14.6. The third kappa shape index (κ3) is 10.5. The SMILES string of the molecule is CC=CCC(CC)CC(C)=CCC(C1CCCCCC(C2(C)CC2CCC=C(C)C)CCCC1)C1CC1CC. The van der Waals surface area contributed by atoms with Gasteiger partial charge >= 0.3 is 0 Å². The Bertz CT molecular complexity index is 778. The fourth-order valence-electron chi connectivity index (χ4n) is 8.71. The van der Waals surface area contributed by atoms with Crippen LogP contribution >= 0.6 is 0 Å². The van der Waals surface area contributed by atoms with Crippen molar-refractivity contribution in [2.45, 2.75) is 164 Å². The number of rotatable bonds is 14. The quantitative estimate of drug-likeness (QED) is 0.194. The Labute approximate surface area is 246 Å². The maximum atomic E-state index is 2.71. The van der Waals surface area contributed by atoms with Crippen molar-refractivity contribution < 1.29 is 0 Å². The topological polar surface area (TPSA) is 0 Å². The van der Waals surface area contributed by atoms with Gasteiger partial charge in [-0.15, -0.1) is 0 Å². The molecule has 0 radical (unpaired) electrons. The highest BCUT2D eigenvalue weighted by Gasteiger charge is 2.53. The predicted octanol–water partition coefficient (Wildman–Crippen LogP) is 12.9. The van der Waals surface area contributed by atoms with E-state index in [0.29, 0.717) is 5.41 Å². The second-order valence-electron chi connectivity index (χ2n) is 14.9. The van der Waals surface area contributed by atoms with Crippen LogP contribution in [0.15, 0.2) is 35.5 Å². The highest BCUT2D eigenvalue weighted by Crippen LogP contribution is 2.62. The molecule has 39 heavy (non-hydrogen) atoms. The molecule has 0 aliphatic heterocycles. The lowest BCUT2D eigenvalue weighted by Gasteiger charge is -2.28.